The number of benzene rings is 3. The summed E-state index contributed by atoms with van der Waals surface area (Å²) >= 11 is 3.48. The fraction of sp³-hybridized carbons (Fsp3) is 0.333. The van der Waals surface area contributed by atoms with Crippen LogP contribution in [0.5, 0.6) is 0 Å². The zero-order valence-corrected chi connectivity index (χ0v) is 25.3. The van der Waals surface area contributed by atoms with Crippen LogP contribution >= 0.6 is 15.9 Å². The molecule has 0 aliphatic heterocycles. The van der Waals surface area contributed by atoms with Crippen molar-refractivity contribution in [3.05, 3.63) is 99.5 Å². The molecular formula is C30H36BrN3O4S. The van der Waals surface area contributed by atoms with Gasteiger partial charge < -0.3 is 10.2 Å². The van der Waals surface area contributed by atoms with E-state index >= 15 is 0 Å². The summed E-state index contributed by atoms with van der Waals surface area (Å²) < 4.78 is 27.8. The highest BCUT2D eigenvalue weighted by atomic mass is 79.9. The average Bonchev–Trinajstić information content (AvgIpc) is 2.87. The molecule has 0 aliphatic carbocycles. The Kier molecular flexibility index (Phi) is 10.7. The second-order valence-corrected chi connectivity index (χ2v) is 12.6. The van der Waals surface area contributed by atoms with Crippen LogP contribution in [0.1, 0.15) is 35.6 Å². The molecule has 39 heavy (non-hydrogen) atoms. The summed E-state index contributed by atoms with van der Waals surface area (Å²) in [6.45, 7) is 5.91. The Bertz CT molecular complexity index is 1380. The van der Waals surface area contributed by atoms with Crippen molar-refractivity contribution >= 4 is 43.5 Å². The summed E-state index contributed by atoms with van der Waals surface area (Å²) in [4.78, 5) is 29.1. The lowest BCUT2D eigenvalue weighted by Gasteiger charge is -2.33. The van der Waals surface area contributed by atoms with Gasteiger partial charge in [0.25, 0.3) is 0 Å². The van der Waals surface area contributed by atoms with Crippen molar-refractivity contribution in [2.75, 3.05) is 23.7 Å². The summed E-state index contributed by atoms with van der Waals surface area (Å²) in [5.41, 5.74) is 3.91. The van der Waals surface area contributed by atoms with Gasteiger partial charge >= 0.3 is 0 Å². The van der Waals surface area contributed by atoms with Gasteiger partial charge in [-0.2, -0.15) is 0 Å². The summed E-state index contributed by atoms with van der Waals surface area (Å²) in [6, 6.07) is 21.6. The highest BCUT2D eigenvalue weighted by molar-refractivity contribution is 9.10. The van der Waals surface area contributed by atoms with Crippen LogP contribution in [0.15, 0.2) is 77.3 Å². The second kappa shape index (κ2) is 13.8. The maximum atomic E-state index is 14.1. The van der Waals surface area contributed by atoms with E-state index in [1.54, 1.807) is 12.1 Å². The molecule has 2 amide bonds. The molecule has 3 rings (SSSR count). The molecule has 3 aromatic rings. The van der Waals surface area contributed by atoms with Gasteiger partial charge in [0.1, 0.15) is 12.6 Å². The van der Waals surface area contributed by atoms with Gasteiger partial charge in [-0.1, -0.05) is 71.4 Å². The van der Waals surface area contributed by atoms with Gasteiger partial charge in [-0.05, 0) is 66.8 Å². The second-order valence-electron chi connectivity index (χ2n) is 9.76. The molecule has 9 heteroatoms. The van der Waals surface area contributed by atoms with E-state index in [1.807, 2.05) is 81.4 Å². The minimum absolute atomic E-state index is 0.139. The van der Waals surface area contributed by atoms with Crippen molar-refractivity contribution in [2.24, 2.45) is 0 Å². The molecule has 0 fully saturated rings. The molecular weight excluding hydrogens is 578 g/mol. The third kappa shape index (κ3) is 8.93. The van der Waals surface area contributed by atoms with Gasteiger partial charge in [0, 0.05) is 24.0 Å². The van der Waals surface area contributed by atoms with Crippen molar-refractivity contribution in [2.45, 2.75) is 46.2 Å². The normalized spacial score (nSPS) is 12.0. The smallest absolute Gasteiger partial charge is 0.244 e. The number of nitrogens with one attached hydrogen (secondary N) is 1. The van der Waals surface area contributed by atoms with Crippen molar-refractivity contribution in [1.29, 1.82) is 0 Å². The molecule has 1 atom stereocenters. The van der Waals surface area contributed by atoms with Gasteiger partial charge in [0.05, 0.1) is 11.9 Å². The van der Waals surface area contributed by atoms with Crippen LogP contribution < -0.4 is 9.62 Å². The zero-order chi connectivity index (χ0) is 28.6. The molecule has 1 N–H and O–H groups in total. The van der Waals surface area contributed by atoms with Crippen LogP contribution in [0, 0.1) is 13.8 Å². The Balaban J connectivity index is 2.06. The van der Waals surface area contributed by atoms with Crippen molar-refractivity contribution in [3.63, 3.8) is 0 Å². The average molecular weight is 615 g/mol. The van der Waals surface area contributed by atoms with Crippen LogP contribution in [0.4, 0.5) is 5.69 Å². The van der Waals surface area contributed by atoms with Gasteiger partial charge in [0.2, 0.25) is 21.8 Å². The fourth-order valence-corrected chi connectivity index (χ4v) is 5.74. The number of halogens is 1. The lowest BCUT2D eigenvalue weighted by Crippen LogP contribution is -2.53. The zero-order valence-electron chi connectivity index (χ0n) is 22.9. The van der Waals surface area contributed by atoms with E-state index in [0.29, 0.717) is 18.7 Å². The summed E-state index contributed by atoms with van der Waals surface area (Å²) in [7, 11) is -3.80. The number of sulfonamides is 1. The van der Waals surface area contributed by atoms with Crippen molar-refractivity contribution < 1.29 is 18.0 Å². The Morgan fingerprint density at radius 1 is 0.923 bits per heavy atom. The summed E-state index contributed by atoms with van der Waals surface area (Å²) in [5.74, 6) is -0.742. The number of hydrogen-bond acceptors (Lipinski definition) is 4. The number of nitrogens with zero attached hydrogens (tertiary/aromatic N) is 2. The van der Waals surface area contributed by atoms with Crippen LogP contribution in [-0.2, 0) is 32.6 Å². The Hall–Kier alpha value is -3.17. The molecule has 208 valence electrons. The Morgan fingerprint density at radius 3 is 2.15 bits per heavy atom. The first-order chi connectivity index (χ1) is 18.5. The van der Waals surface area contributed by atoms with Crippen LogP contribution in [0.3, 0.4) is 0 Å². The minimum Gasteiger partial charge on any atom is -0.354 e. The molecule has 0 saturated heterocycles. The standard InChI is InChI=1S/C30H36BrN3O4S/c1-5-14-32-30(36)28(19-24-10-7-6-8-11-24)33(20-25-12-9-13-26(31)18-25)29(35)21-34(39(4,37)38)27-16-22(2)15-23(3)17-27/h6-13,15-18,28H,5,14,19-21H2,1-4H3,(H,32,36)/t28-/m1/s1. The number of aryl methyl sites for hydroxylation is 2. The lowest BCUT2D eigenvalue weighted by molar-refractivity contribution is -0.140. The van der Waals surface area contributed by atoms with Gasteiger partial charge in [-0.25, -0.2) is 8.42 Å². The molecule has 0 aliphatic rings. The molecule has 0 bridgehead atoms. The third-order valence-electron chi connectivity index (χ3n) is 6.24. The first-order valence-electron chi connectivity index (χ1n) is 12.9. The van der Waals surface area contributed by atoms with Gasteiger partial charge in [-0.15, -0.1) is 0 Å². The van der Waals surface area contributed by atoms with E-state index in [1.165, 1.54) is 4.90 Å². The van der Waals surface area contributed by atoms with E-state index in [0.717, 1.165) is 43.7 Å². The third-order valence-corrected chi connectivity index (χ3v) is 7.87. The van der Waals surface area contributed by atoms with E-state index in [2.05, 4.69) is 21.2 Å². The highest BCUT2D eigenvalue weighted by Gasteiger charge is 2.33. The van der Waals surface area contributed by atoms with Gasteiger partial charge in [0.15, 0.2) is 0 Å². The molecule has 7 nitrogen and oxygen atoms in total. The van der Waals surface area contributed by atoms with Crippen molar-refractivity contribution in [3.8, 4) is 0 Å². The molecule has 0 radical (unpaired) electrons. The SMILES string of the molecule is CCCNC(=O)[C@@H](Cc1ccccc1)N(Cc1cccc(Br)c1)C(=O)CN(c1cc(C)cc(C)c1)S(C)(=O)=O. The molecule has 0 saturated carbocycles. The number of carbonyl (C=O) groups excluding carboxylic acids is 2. The first kappa shape index (κ1) is 30.4. The van der Waals surface area contributed by atoms with Crippen LogP contribution in [-0.4, -0.2) is 50.5 Å². The number of anilines is 1. The number of hydrogen-bond donors (Lipinski definition) is 1. The highest BCUT2D eigenvalue weighted by Crippen LogP contribution is 2.23. The fourth-order valence-electron chi connectivity index (χ4n) is 4.46. The monoisotopic (exact) mass is 613 g/mol. The van der Waals surface area contributed by atoms with Crippen LogP contribution in [0.25, 0.3) is 0 Å². The Morgan fingerprint density at radius 2 is 1.56 bits per heavy atom. The maximum Gasteiger partial charge on any atom is 0.244 e. The molecule has 0 unspecified atom stereocenters. The first-order valence-corrected chi connectivity index (χ1v) is 15.5. The van der Waals surface area contributed by atoms with E-state index < -0.39 is 28.5 Å². The lowest BCUT2D eigenvalue weighted by atomic mass is 10.0. The minimum atomic E-state index is -3.80. The van der Waals surface area contributed by atoms with Crippen LogP contribution in [0.2, 0.25) is 0 Å². The largest absolute Gasteiger partial charge is 0.354 e. The predicted octanol–water partition coefficient (Wildman–Crippen LogP) is 5.00. The molecule has 0 aromatic heterocycles. The molecule has 3 aromatic carbocycles. The summed E-state index contributed by atoms with van der Waals surface area (Å²) in [6.07, 6.45) is 2.13. The van der Waals surface area contributed by atoms with E-state index in [-0.39, 0.29) is 12.5 Å². The van der Waals surface area contributed by atoms with E-state index in [9.17, 15) is 18.0 Å². The van der Waals surface area contributed by atoms with E-state index in [4.69, 9.17) is 0 Å². The predicted molar refractivity (Wildman–Crippen MR) is 160 cm³/mol. The Labute approximate surface area is 240 Å². The summed E-state index contributed by atoms with van der Waals surface area (Å²) in [5, 5.41) is 2.94. The number of rotatable bonds is 12. The van der Waals surface area contributed by atoms with Crippen molar-refractivity contribution in [1.82, 2.24) is 10.2 Å². The molecule has 0 heterocycles. The van der Waals surface area contributed by atoms with Gasteiger partial charge in [-0.3, -0.25) is 13.9 Å². The number of amides is 2. The number of carbonyl (C=O) groups is 2. The topological polar surface area (TPSA) is 86.8 Å². The maximum absolute atomic E-state index is 14.1. The quantitative estimate of drug-likeness (QED) is 0.311. The molecule has 0 spiro atoms.